The van der Waals surface area contributed by atoms with Crippen molar-refractivity contribution in [3.05, 3.63) is 36.3 Å². The molecule has 2 N–H and O–H groups in total. The number of aryl methyl sites for hydroxylation is 1. The molecule has 0 amide bonds. The number of nitrogen functional groups attached to an aromatic ring is 1. The number of rotatable bonds is 2. The Morgan fingerprint density at radius 3 is 2.75 bits per heavy atom. The monoisotopic (exact) mass is 215 g/mol. The maximum Gasteiger partial charge on any atom is 0.222 e. The Morgan fingerprint density at radius 2 is 2.12 bits per heavy atom. The second kappa shape index (κ2) is 4.14. The summed E-state index contributed by atoms with van der Waals surface area (Å²) in [5.74, 6) is 1.05. The Bertz CT molecular complexity index is 463. The summed E-state index contributed by atoms with van der Waals surface area (Å²) in [6.07, 6.45) is 3.50. The third-order valence-electron chi connectivity index (χ3n) is 2.23. The molecule has 2 aromatic rings. The Morgan fingerprint density at radius 1 is 1.31 bits per heavy atom. The van der Waals surface area contributed by atoms with Crippen LogP contribution in [0.15, 0.2) is 30.6 Å². The highest BCUT2D eigenvalue weighted by atomic mass is 15.2. The molecule has 0 bridgehead atoms. The second-order valence-corrected chi connectivity index (χ2v) is 3.50. The number of nitrogens with zero attached hydrogens (tertiary/aromatic N) is 4. The first-order chi connectivity index (χ1) is 7.66. The maximum atomic E-state index is 5.61. The fraction of sp³-hybridized carbons (Fsp3) is 0.182. The number of nitrogens with two attached hydrogens (primary N) is 1. The number of aromatic nitrogens is 3. The van der Waals surface area contributed by atoms with Crippen LogP contribution in [0, 0.1) is 6.92 Å². The molecular formula is C11H13N5. The van der Waals surface area contributed by atoms with Gasteiger partial charge in [0.1, 0.15) is 5.82 Å². The minimum Gasteiger partial charge on any atom is -0.368 e. The molecule has 0 radical (unpaired) electrons. The molecule has 5 nitrogen and oxygen atoms in total. The van der Waals surface area contributed by atoms with E-state index in [0.717, 1.165) is 17.2 Å². The van der Waals surface area contributed by atoms with E-state index >= 15 is 0 Å². The molecule has 5 heteroatoms. The molecule has 0 atom stereocenters. The van der Waals surface area contributed by atoms with Crippen molar-refractivity contribution >= 4 is 17.5 Å². The Labute approximate surface area is 94.0 Å². The van der Waals surface area contributed by atoms with Gasteiger partial charge in [-0.1, -0.05) is 0 Å². The Balaban J connectivity index is 2.37. The molecule has 0 aliphatic carbocycles. The van der Waals surface area contributed by atoms with Crippen LogP contribution in [0.2, 0.25) is 0 Å². The Hall–Kier alpha value is -2.17. The van der Waals surface area contributed by atoms with Gasteiger partial charge in [-0.25, -0.2) is 4.98 Å². The van der Waals surface area contributed by atoms with Gasteiger partial charge in [0, 0.05) is 25.0 Å². The number of hydrogen-bond donors (Lipinski definition) is 1. The molecule has 2 rings (SSSR count). The van der Waals surface area contributed by atoms with Gasteiger partial charge in [-0.15, -0.1) is 0 Å². The summed E-state index contributed by atoms with van der Waals surface area (Å²) in [5, 5.41) is 0. The van der Waals surface area contributed by atoms with Crippen molar-refractivity contribution in [2.75, 3.05) is 17.7 Å². The highest BCUT2D eigenvalue weighted by Gasteiger charge is 2.06. The quantitative estimate of drug-likeness (QED) is 0.822. The number of pyridine rings is 1. The lowest BCUT2D eigenvalue weighted by Gasteiger charge is -2.18. The zero-order valence-corrected chi connectivity index (χ0v) is 9.25. The minimum absolute atomic E-state index is 0.283. The topological polar surface area (TPSA) is 67.9 Å². The van der Waals surface area contributed by atoms with Crippen LogP contribution in [0.5, 0.6) is 0 Å². The summed E-state index contributed by atoms with van der Waals surface area (Å²) in [5.41, 5.74) is 7.41. The zero-order valence-electron chi connectivity index (χ0n) is 9.25. The van der Waals surface area contributed by atoms with E-state index in [1.54, 1.807) is 12.4 Å². The van der Waals surface area contributed by atoms with Crippen molar-refractivity contribution in [3.8, 4) is 0 Å². The Kier molecular flexibility index (Phi) is 2.68. The molecule has 0 aliphatic heterocycles. The molecule has 0 spiro atoms. The van der Waals surface area contributed by atoms with Crippen LogP contribution in [0.3, 0.4) is 0 Å². The van der Waals surface area contributed by atoms with E-state index in [4.69, 9.17) is 5.73 Å². The fourth-order valence-electron chi connectivity index (χ4n) is 1.43. The standard InChI is InChI=1S/C11H13N5/c1-8-6-10(15-11(12)14-8)16(2)9-4-3-5-13-7-9/h3-7H,1-2H3,(H2,12,14,15). The molecule has 16 heavy (non-hydrogen) atoms. The van der Waals surface area contributed by atoms with Gasteiger partial charge in [0.15, 0.2) is 0 Å². The summed E-state index contributed by atoms with van der Waals surface area (Å²) >= 11 is 0. The van der Waals surface area contributed by atoms with Crippen molar-refractivity contribution in [1.82, 2.24) is 15.0 Å². The molecule has 0 aromatic carbocycles. The molecule has 0 fully saturated rings. The second-order valence-electron chi connectivity index (χ2n) is 3.50. The molecular weight excluding hydrogens is 202 g/mol. The molecule has 82 valence electrons. The predicted molar refractivity (Wildman–Crippen MR) is 63.5 cm³/mol. The van der Waals surface area contributed by atoms with Crippen molar-refractivity contribution < 1.29 is 0 Å². The van der Waals surface area contributed by atoms with Crippen LogP contribution in [0.25, 0.3) is 0 Å². The van der Waals surface area contributed by atoms with Gasteiger partial charge in [0.2, 0.25) is 5.95 Å². The SMILES string of the molecule is Cc1cc(N(C)c2cccnc2)nc(N)n1. The predicted octanol–water partition coefficient (Wildman–Crippen LogP) is 1.53. The van der Waals surface area contributed by atoms with Gasteiger partial charge in [0.25, 0.3) is 0 Å². The molecule has 0 aliphatic rings. The fourth-order valence-corrected chi connectivity index (χ4v) is 1.43. The van der Waals surface area contributed by atoms with E-state index in [9.17, 15) is 0 Å². The van der Waals surface area contributed by atoms with Gasteiger partial charge in [-0.3, -0.25) is 4.98 Å². The summed E-state index contributed by atoms with van der Waals surface area (Å²) in [6, 6.07) is 5.72. The number of anilines is 3. The highest BCUT2D eigenvalue weighted by Crippen LogP contribution is 2.21. The van der Waals surface area contributed by atoms with E-state index in [1.165, 1.54) is 0 Å². The summed E-state index contributed by atoms with van der Waals surface area (Å²) in [7, 11) is 1.91. The largest absolute Gasteiger partial charge is 0.368 e. The van der Waals surface area contributed by atoms with Crippen LogP contribution in [-0.4, -0.2) is 22.0 Å². The van der Waals surface area contributed by atoms with Crippen molar-refractivity contribution in [1.29, 1.82) is 0 Å². The van der Waals surface area contributed by atoms with Crippen LogP contribution >= 0.6 is 0 Å². The van der Waals surface area contributed by atoms with E-state index in [-0.39, 0.29) is 5.95 Å². The van der Waals surface area contributed by atoms with Crippen LogP contribution < -0.4 is 10.6 Å². The first-order valence-electron chi connectivity index (χ1n) is 4.92. The summed E-state index contributed by atoms with van der Waals surface area (Å²) in [4.78, 5) is 14.2. The maximum absolute atomic E-state index is 5.61. The lowest BCUT2D eigenvalue weighted by Crippen LogP contribution is -2.13. The van der Waals surface area contributed by atoms with Crippen LogP contribution in [-0.2, 0) is 0 Å². The normalized spacial score (nSPS) is 10.1. The average Bonchev–Trinajstić information content (AvgIpc) is 2.28. The van der Waals surface area contributed by atoms with Crippen molar-refractivity contribution in [2.24, 2.45) is 0 Å². The van der Waals surface area contributed by atoms with E-state index < -0.39 is 0 Å². The molecule has 0 saturated carbocycles. The molecule has 2 heterocycles. The first kappa shape index (κ1) is 10.4. The van der Waals surface area contributed by atoms with Gasteiger partial charge in [0.05, 0.1) is 11.9 Å². The third-order valence-corrected chi connectivity index (χ3v) is 2.23. The smallest absolute Gasteiger partial charge is 0.222 e. The lowest BCUT2D eigenvalue weighted by molar-refractivity contribution is 1.05. The number of hydrogen-bond acceptors (Lipinski definition) is 5. The van der Waals surface area contributed by atoms with E-state index in [2.05, 4.69) is 15.0 Å². The third kappa shape index (κ3) is 2.08. The lowest BCUT2D eigenvalue weighted by atomic mass is 10.3. The summed E-state index contributed by atoms with van der Waals surface area (Å²) < 4.78 is 0. The van der Waals surface area contributed by atoms with Crippen molar-refractivity contribution in [2.45, 2.75) is 6.92 Å². The van der Waals surface area contributed by atoms with Crippen LogP contribution in [0.1, 0.15) is 5.69 Å². The van der Waals surface area contributed by atoms with Crippen LogP contribution in [0.4, 0.5) is 17.5 Å². The van der Waals surface area contributed by atoms with E-state index in [0.29, 0.717) is 0 Å². The van der Waals surface area contributed by atoms with Gasteiger partial charge in [-0.05, 0) is 19.1 Å². The first-order valence-corrected chi connectivity index (χ1v) is 4.92. The van der Waals surface area contributed by atoms with Gasteiger partial charge >= 0.3 is 0 Å². The van der Waals surface area contributed by atoms with E-state index in [1.807, 2.05) is 37.1 Å². The van der Waals surface area contributed by atoms with Gasteiger partial charge in [-0.2, -0.15) is 4.98 Å². The molecule has 0 unspecified atom stereocenters. The summed E-state index contributed by atoms with van der Waals surface area (Å²) in [6.45, 7) is 1.89. The average molecular weight is 215 g/mol. The molecule has 0 saturated heterocycles. The van der Waals surface area contributed by atoms with Gasteiger partial charge < -0.3 is 10.6 Å². The molecule has 2 aromatic heterocycles. The minimum atomic E-state index is 0.283. The van der Waals surface area contributed by atoms with Crippen molar-refractivity contribution in [3.63, 3.8) is 0 Å². The highest BCUT2D eigenvalue weighted by molar-refractivity contribution is 5.58. The zero-order chi connectivity index (χ0) is 11.5.